The SMILES string of the molecule is COP(Cl)Oc1cccc(C)c1. The van der Waals surface area contributed by atoms with E-state index in [1.54, 1.807) is 0 Å². The molecule has 0 saturated carbocycles. The quantitative estimate of drug-likeness (QED) is 0.702. The molecule has 0 aliphatic rings. The van der Waals surface area contributed by atoms with E-state index in [-0.39, 0.29) is 0 Å². The second-order valence-electron chi connectivity index (χ2n) is 2.30. The second-order valence-corrected chi connectivity index (χ2v) is 4.10. The fourth-order valence-electron chi connectivity index (χ4n) is 0.792. The molecule has 12 heavy (non-hydrogen) atoms. The van der Waals surface area contributed by atoms with Crippen molar-refractivity contribution in [1.82, 2.24) is 0 Å². The van der Waals surface area contributed by atoms with Gasteiger partial charge in [-0.05, 0) is 35.9 Å². The average Bonchev–Trinajstić information content (AvgIpc) is 2.04. The molecule has 0 bridgehead atoms. The van der Waals surface area contributed by atoms with E-state index in [1.807, 2.05) is 31.2 Å². The highest BCUT2D eigenvalue weighted by atomic mass is 35.7. The van der Waals surface area contributed by atoms with Crippen LogP contribution in [0.2, 0.25) is 0 Å². The molecule has 0 aromatic heterocycles. The lowest BCUT2D eigenvalue weighted by molar-refractivity contribution is 0.410. The molecule has 1 atom stereocenters. The van der Waals surface area contributed by atoms with E-state index in [9.17, 15) is 0 Å². The van der Waals surface area contributed by atoms with Gasteiger partial charge in [-0.3, -0.25) is 0 Å². The summed E-state index contributed by atoms with van der Waals surface area (Å²) in [5, 5.41) is 0. The Hall–Kier alpha value is -0.300. The van der Waals surface area contributed by atoms with E-state index in [0.717, 1.165) is 11.3 Å². The summed E-state index contributed by atoms with van der Waals surface area (Å²) in [6.07, 6.45) is 0. The number of aryl methyl sites for hydroxylation is 1. The summed E-state index contributed by atoms with van der Waals surface area (Å²) >= 11 is 5.67. The highest BCUT2D eigenvalue weighted by Gasteiger charge is 2.04. The molecule has 1 aromatic carbocycles. The molecule has 0 spiro atoms. The first kappa shape index (κ1) is 9.79. The van der Waals surface area contributed by atoms with Gasteiger partial charge in [-0.2, -0.15) is 0 Å². The third-order valence-electron chi connectivity index (χ3n) is 1.31. The van der Waals surface area contributed by atoms with Crippen molar-refractivity contribution in [3.05, 3.63) is 29.8 Å². The molecule has 1 unspecified atom stereocenters. The van der Waals surface area contributed by atoms with Gasteiger partial charge in [0.15, 0.2) is 0 Å². The topological polar surface area (TPSA) is 18.5 Å². The molecule has 0 radical (unpaired) electrons. The van der Waals surface area contributed by atoms with Crippen LogP contribution >= 0.6 is 19.0 Å². The van der Waals surface area contributed by atoms with Crippen LogP contribution in [-0.4, -0.2) is 7.11 Å². The molecule has 4 heteroatoms. The van der Waals surface area contributed by atoms with Gasteiger partial charge in [0.2, 0.25) is 0 Å². The third kappa shape index (κ3) is 2.98. The van der Waals surface area contributed by atoms with E-state index in [1.165, 1.54) is 7.11 Å². The van der Waals surface area contributed by atoms with E-state index in [2.05, 4.69) is 0 Å². The standard InChI is InChI=1S/C8H10ClO2P/c1-7-4-3-5-8(6-7)11-12(9)10-2/h3-6H,1-2H3. The van der Waals surface area contributed by atoms with Gasteiger partial charge in [0.25, 0.3) is 0 Å². The predicted octanol–water partition coefficient (Wildman–Crippen LogP) is 3.49. The maximum atomic E-state index is 5.67. The normalized spacial score (nSPS) is 12.6. The first-order valence-electron chi connectivity index (χ1n) is 3.47. The number of hydrogen-bond donors (Lipinski definition) is 0. The summed E-state index contributed by atoms with van der Waals surface area (Å²) < 4.78 is 10.1. The van der Waals surface area contributed by atoms with Gasteiger partial charge in [0.05, 0.1) is 0 Å². The first-order chi connectivity index (χ1) is 5.72. The lowest BCUT2D eigenvalue weighted by Crippen LogP contribution is -1.84. The van der Waals surface area contributed by atoms with Crippen LogP contribution < -0.4 is 4.52 Å². The summed E-state index contributed by atoms with van der Waals surface area (Å²) in [6.45, 7) is 2.00. The Bertz CT molecular complexity index is 255. The fourth-order valence-corrected chi connectivity index (χ4v) is 1.39. The summed E-state index contributed by atoms with van der Waals surface area (Å²) in [7, 11) is 0.228. The zero-order chi connectivity index (χ0) is 8.97. The van der Waals surface area contributed by atoms with Gasteiger partial charge in [-0.15, -0.1) is 0 Å². The Labute approximate surface area is 78.2 Å². The molecule has 0 aliphatic carbocycles. The molecular formula is C8H10ClO2P. The van der Waals surface area contributed by atoms with Gasteiger partial charge >= 0.3 is 7.73 Å². The van der Waals surface area contributed by atoms with Crippen molar-refractivity contribution >= 4 is 19.0 Å². The smallest absolute Gasteiger partial charge is 0.338 e. The lowest BCUT2D eigenvalue weighted by atomic mass is 10.2. The van der Waals surface area contributed by atoms with E-state index in [0.29, 0.717) is 0 Å². The van der Waals surface area contributed by atoms with Gasteiger partial charge in [-0.25, -0.2) is 0 Å². The predicted molar refractivity (Wildman–Crippen MR) is 51.6 cm³/mol. The number of halogens is 1. The molecule has 0 fully saturated rings. The number of hydrogen-bond acceptors (Lipinski definition) is 2. The highest BCUT2D eigenvalue weighted by molar-refractivity contribution is 7.76. The van der Waals surface area contributed by atoms with Gasteiger partial charge in [-0.1, -0.05) is 12.1 Å². The van der Waals surface area contributed by atoms with Crippen LogP contribution in [-0.2, 0) is 4.52 Å². The molecule has 0 aliphatic heterocycles. The fraction of sp³-hybridized carbons (Fsp3) is 0.250. The van der Waals surface area contributed by atoms with Crippen LogP contribution in [0.5, 0.6) is 5.75 Å². The largest absolute Gasteiger partial charge is 0.436 e. The number of benzene rings is 1. The summed E-state index contributed by atoms with van der Waals surface area (Å²) in [5.74, 6) is 0.748. The minimum atomic E-state index is -1.29. The van der Waals surface area contributed by atoms with Crippen LogP contribution in [0.3, 0.4) is 0 Å². The van der Waals surface area contributed by atoms with Crippen molar-refractivity contribution in [3.63, 3.8) is 0 Å². The van der Waals surface area contributed by atoms with Gasteiger partial charge < -0.3 is 9.05 Å². The van der Waals surface area contributed by atoms with Crippen LogP contribution in [0.1, 0.15) is 5.56 Å². The Kier molecular flexibility index (Phi) is 3.80. The molecule has 1 aromatic rings. The Morgan fingerprint density at radius 3 is 2.75 bits per heavy atom. The summed E-state index contributed by atoms with van der Waals surface area (Å²) in [4.78, 5) is 0. The highest BCUT2D eigenvalue weighted by Crippen LogP contribution is 2.43. The molecule has 0 N–H and O–H groups in total. The Balaban J connectivity index is 2.63. The van der Waals surface area contributed by atoms with E-state index >= 15 is 0 Å². The van der Waals surface area contributed by atoms with Crippen LogP contribution in [0.15, 0.2) is 24.3 Å². The molecular weight excluding hydrogens is 195 g/mol. The third-order valence-corrected chi connectivity index (χ3v) is 2.57. The molecule has 66 valence electrons. The van der Waals surface area contributed by atoms with Crippen LogP contribution in [0.4, 0.5) is 0 Å². The Morgan fingerprint density at radius 2 is 2.17 bits per heavy atom. The maximum absolute atomic E-state index is 5.67. The van der Waals surface area contributed by atoms with Gasteiger partial charge in [0, 0.05) is 7.11 Å². The Morgan fingerprint density at radius 1 is 1.42 bits per heavy atom. The van der Waals surface area contributed by atoms with Crippen molar-refractivity contribution < 1.29 is 9.05 Å². The van der Waals surface area contributed by atoms with E-state index < -0.39 is 7.73 Å². The molecule has 2 nitrogen and oxygen atoms in total. The summed E-state index contributed by atoms with van der Waals surface area (Å²) in [5.41, 5.74) is 1.14. The molecule has 0 saturated heterocycles. The van der Waals surface area contributed by atoms with E-state index in [4.69, 9.17) is 20.3 Å². The molecule has 0 heterocycles. The monoisotopic (exact) mass is 204 g/mol. The zero-order valence-corrected chi connectivity index (χ0v) is 8.60. The number of rotatable bonds is 3. The minimum Gasteiger partial charge on any atom is -0.436 e. The lowest BCUT2D eigenvalue weighted by Gasteiger charge is -2.08. The first-order valence-corrected chi connectivity index (χ1v) is 5.55. The van der Waals surface area contributed by atoms with Crippen molar-refractivity contribution in [2.45, 2.75) is 6.92 Å². The van der Waals surface area contributed by atoms with Gasteiger partial charge in [0.1, 0.15) is 5.75 Å². The van der Waals surface area contributed by atoms with Crippen molar-refractivity contribution in [1.29, 1.82) is 0 Å². The summed E-state index contributed by atoms with van der Waals surface area (Å²) in [6, 6.07) is 7.68. The van der Waals surface area contributed by atoms with Crippen molar-refractivity contribution in [3.8, 4) is 5.75 Å². The second kappa shape index (κ2) is 4.66. The zero-order valence-electron chi connectivity index (χ0n) is 6.95. The molecule has 0 amide bonds. The average molecular weight is 205 g/mol. The van der Waals surface area contributed by atoms with Crippen LogP contribution in [0.25, 0.3) is 0 Å². The maximum Gasteiger partial charge on any atom is 0.338 e. The molecule has 1 rings (SSSR count). The van der Waals surface area contributed by atoms with Crippen LogP contribution in [0, 0.1) is 6.92 Å². The van der Waals surface area contributed by atoms with Crippen molar-refractivity contribution in [2.75, 3.05) is 7.11 Å². The minimum absolute atomic E-state index is 0.748. The van der Waals surface area contributed by atoms with Crippen molar-refractivity contribution in [2.24, 2.45) is 0 Å².